The minimum absolute atomic E-state index is 0. The topological polar surface area (TPSA) is 0 Å². The summed E-state index contributed by atoms with van der Waals surface area (Å²) in [7, 11) is -0.981. The van der Waals surface area contributed by atoms with Crippen molar-refractivity contribution in [1.82, 2.24) is 0 Å². The Balaban J connectivity index is 0. The normalized spacial score (nSPS) is 12.5. The van der Waals surface area contributed by atoms with Gasteiger partial charge < -0.3 is 0 Å². The van der Waals surface area contributed by atoms with Gasteiger partial charge in [0.2, 0.25) is 0 Å². The molecule has 0 spiro atoms. The van der Waals surface area contributed by atoms with E-state index in [1.807, 2.05) is 0 Å². The van der Waals surface area contributed by atoms with Crippen LogP contribution in [-0.2, 0) is 0 Å². The zero-order chi connectivity index (χ0) is 9.23. The smallest absolute Gasteiger partial charge is 0.0581 e. The van der Waals surface area contributed by atoms with Crippen LogP contribution in [0.1, 0.15) is 49.0 Å². The van der Waals surface area contributed by atoms with Crippen LogP contribution < -0.4 is 0 Å². The molecule has 0 aromatic rings. The molecule has 1 heteroatoms. The highest BCUT2D eigenvalue weighted by atomic mass is 28.3. The molecule has 0 aliphatic carbocycles. The molecule has 0 amide bonds. The molecular weight excluding hydrogens is 160 g/mol. The van der Waals surface area contributed by atoms with E-state index in [4.69, 9.17) is 0 Å². The van der Waals surface area contributed by atoms with E-state index in [1.54, 1.807) is 0 Å². The summed E-state index contributed by atoms with van der Waals surface area (Å²) in [6.45, 7) is 16.9. The van der Waals surface area contributed by atoms with E-state index >= 15 is 0 Å². The molecule has 0 unspecified atom stereocenters. The molecule has 0 aromatic heterocycles. The molecule has 0 radical (unpaired) electrons. The third-order valence-electron chi connectivity index (χ3n) is 3.73. The first kappa shape index (κ1) is 14.7. The van der Waals surface area contributed by atoms with E-state index < -0.39 is 8.07 Å². The Hall–Kier alpha value is 0.217. The van der Waals surface area contributed by atoms with E-state index in [-0.39, 0.29) is 7.43 Å². The summed E-state index contributed by atoms with van der Waals surface area (Å²) >= 11 is 0. The zero-order valence-electron chi connectivity index (χ0n) is 9.23. The maximum atomic E-state index is 2.55. The average molecular weight is 188 g/mol. The Labute approximate surface area is 80.8 Å². The average Bonchev–Trinajstić information content (AvgIpc) is 1.84. The maximum absolute atomic E-state index is 2.55. The fourth-order valence-corrected chi connectivity index (χ4v) is 6.00. The van der Waals surface area contributed by atoms with Gasteiger partial charge in [-0.3, -0.25) is 0 Å². The molecule has 0 fully saturated rings. The summed E-state index contributed by atoms with van der Waals surface area (Å²) in [6.07, 6.45) is 0. The standard InChI is InChI=1S/C10H24Si.CH4/c1-8(2)11(7,9(3)4)10(5)6;/h8-10H,1-7H3;1H4. The van der Waals surface area contributed by atoms with Crippen LogP contribution in [0.4, 0.5) is 0 Å². The lowest BCUT2D eigenvalue weighted by Gasteiger charge is -2.39. The predicted octanol–water partition coefficient (Wildman–Crippen LogP) is 4.93. The first-order chi connectivity index (χ1) is 4.83. The molecule has 0 bridgehead atoms. The minimum Gasteiger partial charge on any atom is -0.0776 e. The Bertz CT molecular complexity index is 92.4. The van der Waals surface area contributed by atoms with Crippen molar-refractivity contribution in [3.05, 3.63) is 0 Å². The van der Waals surface area contributed by atoms with Gasteiger partial charge in [-0.25, -0.2) is 0 Å². The highest BCUT2D eigenvalue weighted by molar-refractivity contribution is 6.82. The second kappa shape index (κ2) is 5.06. The molecule has 0 aromatic carbocycles. The largest absolute Gasteiger partial charge is 0.0776 e. The summed E-state index contributed by atoms with van der Waals surface area (Å²) < 4.78 is 0. The zero-order valence-corrected chi connectivity index (χ0v) is 10.2. The van der Waals surface area contributed by atoms with Gasteiger partial charge in [0.05, 0.1) is 8.07 Å². The summed E-state index contributed by atoms with van der Waals surface area (Å²) in [5.74, 6) is 0. The van der Waals surface area contributed by atoms with Crippen molar-refractivity contribution in [3.8, 4) is 0 Å². The summed E-state index contributed by atoms with van der Waals surface area (Å²) in [6, 6.07) is 0. The number of hydrogen-bond donors (Lipinski definition) is 0. The Morgan fingerprint density at radius 3 is 0.833 bits per heavy atom. The fraction of sp³-hybridized carbons (Fsp3) is 1.00. The third kappa shape index (κ3) is 2.62. The van der Waals surface area contributed by atoms with Crippen molar-refractivity contribution in [2.24, 2.45) is 0 Å². The molecule has 0 saturated heterocycles. The Morgan fingerprint density at radius 2 is 0.833 bits per heavy atom. The highest BCUT2D eigenvalue weighted by Gasteiger charge is 2.37. The fourth-order valence-electron chi connectivity index (χ4n) is 2.00. The first-order valence-electron chi connectivity index (χ1n) is 4.83. The van der Waals surface area contributed by atoms with E-state index in [1.165, 1.54) is 0 Å². The van der Waals surface area contributed by atoms with Crippen LogP contribution in [0.5, 0.6) is 0 Å². The van der Waals surface area contributed by atoms with Gasteiger partial charge >= 0.3 is 0 Å². The molecule has 0 nitrogen and oxygen atoms in total. The number of rotatable bonds is 3. The second-order valence-electron chi connectivity index (χ2n) is 4.83. The Kier molecular flexibility index (Phi) is 6.21. The summed E-state index contributed by atoms with van der Waals surface area (Å²) in [4.78, 5) is 0. The number of hydrogen-bond acceptors (Lipinski definition) is 0. The van der Waals surface area contributed by atoms with Crippen molar-refractivity contribution >= 4 is 8.07 Å². The molecular formula is C11H28Si. The molecule has 76 valence electrons. The molecule has 0 aliphatic heterocycles. The first-order valence-corrected chi connectivity index (χ1v) is 7.56. The van der Waals surface area contributed by atoms with E-state index in [0.29, 0.717) is 0 Å². The minimum atomic E-state index is -0.981. The molecule has 0 atom stereocenters. The van der Waals surface area contributed by atoms with Crippen molar-refractivity contribution in [2.45, 2.75) is 72.1 Å². The van der Waals surface area contributed by atoms with Crippen LogP contribution in [0, 0.1) is 0 Å². The Morgan fingerprint density at radius 1 is 0.667 bits per heavy atom. The van der Waals surface area contributed by atoms with E-state index in [0.717, 1.165) is 16.6 Å². The van der Waals surface area contributed by atoms with Crippen LogP contribution in [0.25, 0.3) is 0 Å². The molecule has 0 saturated carbocycles. The lowest BCUT2D eigenvalue weighted by atomic mass is 10.5. The lowest BCUT2D eigenvalue weighted by Crippen LogP contribution is -2.40. The van der Waals surface area contributed by atoms with Gasteiger partial charge in [0.25, 0.3) is 0 Å². The van der Waals surface area contributed by atoms with Gasteiger partial charge in [-0.1, -0.05) is 72.1 Å². The quantitative estimate of drug-likeness (QED) is 0.551. The summed E-state index contributed by atoms with van der Waals surface area (Å²) in [5, 5.41) is 0. The summed E-state index contributed by atoms with van der Waals surface area (Å²) in [5.41, 5.74) is 2.76. The van der Waals surface area contributed by atoms with Crippen LogP contribution in [-0.4, -0.2) is 8.07 Å². The van der Waals surface area contributed by atoms with Gasteiger partial charge in [-0.05, 0) is 0 Å². The van der Waals surface area contributed by atoms with Crippen molar-refractivity contribution in [2.75, 3.05) is 0 Å². The van der Waals surface area contributed by atoms with Gasteiger partial charge in [0.1, 0.15) is 0 Å². The van der Waals surface area contributed by atoms with Crippen LogP contribution in [0.2, 0.25) is 23.2 Å². The van der Waals surface area contributed by atoms with E-state index in [2.05, 4.69) is 48.1 Å². The molecule has 0 aliphatic rings. The molecule has 0 rings (SSSR count). The van der Waals surface area contributed by atoms with Crippen molar-refractivity contribution in [1.29, 1.82) is 0 Å². The molecule has 0 heterocycles. The predicted molar refractivity (Wildman–Crippen MR) is 63.6 cm³/mol. The van der Waals surface area contributed by atoms with Crippen LogP contribution >= 0.6 is 0 Å². The monoisotopic (exact) mass is 188 g/mol. The van der Waals surface area contributed by atoms with Crippen LogP contribution in [0.3, 0.4) is 0 Å². The van der Waals surface area contributed by atoms with Gasteiger partial charge in [-0.15, -0.1) is 0 Å². The van der Waals surface area contributed by atoms with Crippen LogP contribution in [0.15, 0.2) is 0 Å². The SMILES string of the molecule is C.CC(C)[Si](C)(C(C)C)C(C)C. The maximum Gasteiger partial charge on any atom is 0.0581 e. The van der Waals surface area contributed by atoms with Gasteiger partial charge in [0, 0.05) is 0 Å². The second-order valence-corrected chi connectivity index (χ2v) is 11.0. The van der Waals surface area contributed by atoms with Gasteiger partial charge in [0.15, 0.2) is 0 Å². The molecule has 12 heavy (non-hydrogen) atoms. The van der Waals surface area contributed by atoms with Crippen molar-refractivity contribution < 1.29 is 0 Å². The molecule has 0 N–H and O–H groups in total. The lowest BCUT2D eigenvalue weighted by molar-refractivity contribution is 0.823. The van der Waals surface area contributed by atoms with Gasteiger partial charge in [-0.2, -0.15) is 0 Å². The third-order valence-corrected chi connectivity index (χ3v) is 11.2. The van der Waals surface area contributed by atoms with Crippen molar-refractivity contribution in [3.63, 3.8) is 0 Å². The highest BCUT2D eigenvalue weighted by Crippen LogP contribution is 2.40. The van der Waals surface area contributed by atoms with E-state index in [9.17, 15) is 0 Å².